The van der Waals surface area contributed by atoms with E-state index >= 15 is 0 Å². The summed E-state index contributed by atoms with van der Waals surface area (Å²) in [7, 11) is -3.56. The van der Waals surface area contributed by atoms with Gasteiger partial charge in [0.05, 0.1) is 34.9 Å². The minimum Gasteiger partial charge on any atom is -0.379 e. The highest BCUT2D eigenvalue weighted by Crippen LogP contribution is 2.28. The van der Waals surface area contributed by atoms with Crippen LogP contribution < -0.4 is 5.32 Å². The van der Waals surface area contributed by atoms with Crippen LogP contribution in [-0.2, 0) is 26.1 Å². The molecular weight excluding hydrogens is 400 g/mol. The minimum absolute atomic E-state index is 0.0118. The lowest BCUT2D eigenvalue weighted by atomic mass is 10.3. The number of nitrogens with one attached hydrogen (secondary N) is 1. The molecule has 152 valence electrons. The number of amides is 1. The van der Waals surface area contributed by atoms with E-state index in [0.29, 0.717) is 50.2 Å². The van der Waals surface area contributed by atoms with E-state index in [1.807, 2.05) is 11.5 Å². The van der Waals surface area contributed by atoms with Gasteiger partial charge in [0, 0.05) is 25.7 Å². The van der Waals surface area contributed by atoms with Crippen LogP contribution in [0.2, 0.25) is 0 Å². The zero-order chi connectivity index (χ0) is 19.7. The monoisotopic (exact) mass is 424 g/mol. The number of nitrogens with zero attached hydrogens (tertiary/aromatic N) is 3. The molecule has 0 atom stereocenters. The van der Waals surface area contributed by atoms with Crippen LogP contribution in [0.15, 0.2) is 28.3 Å². The van der Waals surface area contributed by atoms with Crippen molar-refractivity contribution in [1.82, 2.24) is 19.2 Å². The predicted molar refractivity (Wildman–Crippen MR) is 107 cm³/mol. The van der Waals surface area contributed by atoms with Crippen molar-refractivity contribution in [3.63, 3.8) is 0 Å². The van der Waals surface area contributed by atoms with Gasteiger partial charge < -0.3 is 14.6 Å². The summed E-state index contributed by atoms with van der Waals surface area (Å²) in [5.41, 5.74) is 1.50. The molecule has 0 bridgehead atoms. The van der Waals surface area contributed by atoms with Crippen molar-refractivity contribution >= 4 is 38.7 Å². The zero-order valence-electron chi connectivity index (χ0n) is 15.8. The summed E-state index contributed by atoms with van der Waals surface area (Å²) < 4.78 is 34.5. The number of imidazole rings is 1. The Kier molecular flexibility index (Phi) is 5.64. The summed E-state index contributed by atoms with van der Waals surface area (Å²) in [5, 5.41) is 3.70. The van der Waals surface area contributed by atoms with Gasteiger partial charge in [0.1, 0.15) is 0 Å². The van der Waals surface area contributed by atoms with Crippen molar-refractivity contribution in [3.05, 3.63) is 18.2 Å². The summed E-state index contributed by atoms with van der Waals surface area (Å²) in [6.07, 6.45) is 2.12. The molecule has 1 aliphatic heterocycles. The van der Waals surface area contributed by atoms with Crippen LogP contribution in [0.25, 0.3) is 11.0 Å². The lowest BCUT2D eigenvalue weighted by molar-refractivity contribution is -0.118. The summed E-state index contributed by atoms with van der Waals surface area (Å²) in [6, 6.07) is 5.40. The van der Waals surface area contributed by atoms with Gasteiger partial charge in [-0.25, -0.2) is 13.4 Å². The van der Waals surface area contributed by atoms with Crippen LogP contribution in [0.5, 0.6) is 0 Å². The van der Waals surface area contributed by atoms with Gasteiger partial charge in [-0.15, -0.1) is 0 Å². The van der Waals surface area contributed by atoms with Gasteiger partial charge >= 0.3 is 0 Å². The van der Waals surface area contributed by atoms with E-state index < -0.39 is 10.0 Å². The molecule has 8 nitrogen and oxygen atoms in total. The summed E-state index contributed by atoms with van der Waals surface area (Å²) in [4.78, 5) is 16.8. The normalized spacial score (nSPS) is 18.5. The van der Waals surface area contributed by atoms with Crippen LogP contribution in [0.1, 0.15) is 19.8 Å². The van der Waals surface area contributed by atoms with Crippen LogP contribution in [0.3, 0.4) is 0 Å². The number of ether oxygens (including phenoxy) is 1. The van der Waals surface area contributed by atoms with Gasteiger partial charge in [0.25, 0.3) is 0 Å². The number of sulfonamides is 1. The predicted octanol–water partition coefficient (Wildman–Crippen LogP) is 1.45. The van der Waals surface area contributed by atoms with E-state index in [4.69, 9.17) is 4.74 Å². The van der Waals surface area contributed by atoms with Crippen molar-refractivity contribution in [2.45, 2.75) is 42.4 Å². The molecule has 1 amide bonds. The Balaban J connectivity index is 1.57. The van der Waals surface area contributed by atoms with Crippen molar-refractivity contribution < 1.29 is 17.9 Å². The van der Waals surface area contributed by atoms with Gasteiger partial charge in [-0.3, -0.25) is 4.79 Å². The van der Waals surface area contributed by atoms with Crippen LogP contribution in [0, 0.1) is 0 Å². The summed E-state index contributed by atoms with van der Waals surface area (Å²) in [6.45, 7) is 4.25. The van der Waals surface area contributed by atoms with E-state index in [9.17, 15) is 13.2 Å². The van der Waals surface area contributed by atoms with E-state index in [1.165, 1.54) is 16.1 Å². The Bertz CT molecular complexity index is 979. The summed E-state index contributed by atoms with van der Waals surface area (Å²) in [5.74, 6) is 0.316. The SMILES string of the molecule is CCn1c(SCC(=O)NC2CC2)nc2cc(S(=O)(=O)N3CCOCC3)ccc21. The van der Waals surface area contributed by atoms with Crippen molar-refractivity contribution in [3.8, 4) is 0 Å². The third-order valence-electron chi connectivity index (χ3n) is 4.88. The average molecular weight is 425 g/mol. The number of carbonyl (C=O) groups excluding carboxylic acids is 1. The quantitative estimate of drug-likeness (QED) is 0.676. The number of fused-ring (bicyclic) bond motifs is 1. The van der Waals surface area contributed by atoms with E-state index in [0.717, 1.165) is 23.5 Å². The van der Waals surface area contributed by atoms with E-state index in [-0.39, 0.29) is 10.8 Å². The standard InChI is InChI=1S/C18H24N4O4S2/c1-2-22-16-6-5-14(28(24,25)21-7-9-26-10-8-21)11-15(16)20-18(22)27-12-17(23)19-13-3-4-13/h5-6,11,13H,2-4,7-10,12H2,1H3,(H,19,23). The first-order chi connectivity index (χ1) is 13.5. The molecule has 1 saturated heterocycles. The fourth-order valence-electron chi connectivity index (χ4n) is 3.23. The number of morpholine rings is 1. The molecule has 28 heavy (non-hydrogen) atoms. The lowest BCUT2D eigenvalue weighted by Gasteiger charge is -2.26. The second-order valence-corrected chi connectivity index (χ2v) is 9.82. The average Bonchev–Trinajstić information content (AvgIpc) is 3.44. The Hall–Kier alpha value is -1.62. The molecule has 1 aromatic heterocycles. The first kappa shape index (κ1) is 19.7. The first-order valence-corrected chi connectivity index (χ1v) is 11.9. The van der Waals surface area contributed by atoms with Gasteiger partial charge in [-0.1, -0.05) is 11.8 Å². The Morgan fingerprint density at radius 3 is 2.75 bits per heavy atom. The zero-order valence-corrected chi connectivity index (χ0v) is 17.4. The van der Waals surface area contributed by atoms with E-state index in [1.54, 1.807) is 18.2 Å². The molecule has 4 rings (SSSR count). The molecule has 2 fully saturated rings. The molecule has 1 aliphatic carbocycles. The topological polar surface area (TPSA) is 93.5 Å². The highest BCUT2D eigenvalue weighted by molar-refractivity contribution is 7.99. The van der Waals surface area contributed by atoms with Crippen molar-refractivity contribution in [1.29, 1.82) is 0 Å². The van der Waals surface area contributed by atoms with Crippen LogP contribution >= 0.6 is 11.8 Å². The van der Waals surface area contributed by atoms with Crippen molar-refractivity contribution in [2.24, 2.45) is 0 Å². The smallest absolute Gasteiger partial charge is 0.243 e. The second-order valence-electron chi connectivity index (χ2n) is 6.94. The fourth-order valence-corrected chi connectivity index (χ4v) is 5.55. The molecule has 1 saturated carbocycles. The molecule has 1 N–H and O–H groups in total. The fraction of sp³-hybridized carbons (Fsp3) is 0.556. The second kappa shape index (κ2) is 8.02. The molecule has 10 heteroatoms. The maximum Gasteiger partial charge on any atom is 0.243 e. The number of aryl methyl sites for hydroxylation is 1. The largest absolute Gasteiger partial charge is 0.379 e. The molecule has 2 aromatic rings. The van der Waals surface area contributed by atoms with Gasteiger partial charge in [-0.05, 0) is 38.0 Å². The molecule has 0 unspecified atom stereocenters. The number of hydrogen-bond acceptors (Lipinski definition) is 6. The van der Waals surface area contributed by atoms with Gasteiger partial charge in [0.2, 0.25) is 15.9 Å². The number of carbonyl (C=O) groups is 1. The molecule has 0 spiro atoms. The Morgan fingerprint density at radius 1 is 1.32 bits per heavy atom. The number of hydrogen-bond donors (Lipinski definition) is 1. The van der Waals surface area contributed by atoms with Crippen LogP contribution in [0.4, 0.5) is 0 Å². The molecular formula is C18H24N4O4S2. The first-order valence-electron chi connectivity index (χ1n) is 9.49. The highest BCUT2D eigenvalue weighted by atomic mass is 32.2. The summed E-state index contributed by atoms with van der Waals surface area (Å²) >= 11 is 1.38. The molecule has 2 aliphatic rings. The highest BCUT2D eigenvalue weighted by Gasteiger charge is 2.27. The minimum atomic E-state index is -3.56. The Morgan fingerprint density at radius 2 is 2.07 bits per heavy atom. The van der Waals surface area contributed by atoms with E-state index in [2.05, 4.69) is 10.3 Å². The van der Waals surface area contributed by atoms with Gasteiger partial charge in [0.15, 0.2) is 5.16 Å². The maximum atomic E-state index is 12.9. The number of rotatable bonds is 7. The van der Waals surface area contributed by atoms with Crippen molar-refractivity contribution in [2.75, 3.05) is 32.1 Å². The maximum absolute atomic E-state index is 12.9. The number of benzene rings is 1. The van der Waals surface area contributed by atoms with Gasteiger partial charge in [-0.2, -0.15) is 4.31 Å². The Labute approximate surface area is 168 Å². The number of aromatic nitrogens is 2. The number of thioether (sulfide) groups is 1. The van der Waals surface area contributed by atoms with Crippen LogP contribution in [-0.4, -0.2) is 66.3 Å². The third-order valence-corrected chi connectivity index (χ3v) is 7.75. The lowest BCUT2D eigenvalue weighted by Crippen LogP contribution is -2.40. The molecule has 1 aromatic carbocycles. The molecule has 0 radical (unpaired) electrons. The molecule has 2 heterocycles. The third kappa shape index (κ3) is 4.05.